The average Bonchev–Trinajstić information content (AvgIpc) is 3.83. The molecular weight excluding hydrogens is 917 g/mol. The first kappa shape index (κ1) is 43.4. The van der Waals surface area contributed by atoms with Crippen molar-refractivity contribution < 1.29 is 0 Å². The predicted octanol–water partition coefficient (Wildman–Crippen LogP) is 18.4. The SMILES string of the molecule is c1ccc(-c2ccc3c(c2)c2c(-c4nc(-c5ccccc5)nc(-c5ccccc5)n4)cccc2n3-c2cccc(S(c3ccccc3)(c3ccccc3)c3ccc4c5ccccc5c5ccccc5c4c3)c2)cc1. The van der Waals surface area contributed by atoms with Crippen LogP contribution in [-0.2, 0) is 0 Å². The van der Waals surface area contributed by atoms with Crippen molar-refractivity contribution in [3.05, 3.63) is 279 Å². The largest absolute Gasteiger partial charge is 0.309 e. The second kappa shape index (κ2) is 18.0. The van der Waals surface area contributed by atoms with Crippen molar-refractivity contribution in [2.45, 2.75) is 19.6 Å². The van der Waals surface area contributed by atoms with Crippen molar-refractivity contribution in [1.29, 1.82) is 0 Å². The normalized spacial score (nSPS) is 12.0. The molecule has 0 saturated heterocycles. The Labute approximate surface area is 430 Å². The first-order valence-corrected chi connectivity index (χ1v) is 26.7. The van der Waals surface area contributed by atoms with Gasteiger partial charge in [0, 0.05) is 52.7 Å². The Balaban J connectivity index is 1.05. The topological polar surface area (TPSA) is 43.6 Å². The second-order valence-electron chi connectivity index (χ2n) is 18.7. The van der Waals surface area contributed by atoms with E-state index in [-0.39, 0.29) is 0 Å². The summed E-state index contributed by atoms with van der Waals surface area (Å²) in [4.78, 5) is 20.7. The van der Waals surface area contributed by atoms with E-state index in [4.69, 9.17) is 15.0 Å². The van der Waals surface area contributed by atoms with E-state index in [1.807, 2.05) is 36.4 Å². The summed E-state index contributed by atoms with van der Waals surface area (Å²) in [5, 5.41) is 9.76. The molecule has 0 fully saturated rings. The van der Waals surface area contributed by atoms with Crippen molar-refractivity contribution in [3.8, 4) is 51.0 Å². The van der Waals surface area contributed by atoms with Crippen molar-refractivity contribution >= 4 is 64.2 Å². The smallest absolute Gasteiger partial charge is 0.164 e. The van der Waals surface area contributed by atoms with E-state index in [0.717, 1.165) is 55.3 Å². The molecule has 12 aromatic carbocycles. The molecule has 5 heteroatoms. The zero-order valence-corrected chi connectivity index (χ0v) is 41.1. The summed E-state index contributed by atoms with van der Waals surface area (Å²) in [7, 11) is -2.14. The van der Waals surface area contributed by atoms with Crippen molar-refractivity contribution in [2.24, 2.45) is 0 Å². The molecule has 14 rings (SSSR count). The van der Waals surface area contributed by atoms with Crippen molar-refractivity contribution in [1.82, 2.24) is 19.5 Å². The van der Waals surface area contributed by atoms with Crippen LogP contribution in [-0.4, -0.2) is 19.5 Å². The van der Waals surface area contributed by atoms with Gasteiger partial charge in [0.05, 0.1) is 11.0 Å². The van der Waals surface area contributed by atoms with Gasteiger partial charge in [0.2, 0.25) is 0 Å². The highest BCUT2D eigenvalue weighted by Crippen LogP contribution is 2.74. The summed E-state index contributed by atoms with van der Waals surface area (Å²) >= 11 is 0. The molecule has 0 amide bonds. The highest BCUT2D eigenvalue weighted by Gasteiger charge is 2.34. The Hall–Kier alpha value is -9.42. The number of aromatic nitrogens is 4. The third-order valence-electron chi connectivity index (χ3n) is 14.5. The van der Waals surface area contributed by atoms with Gasteiger partial charge in [-0.1, -0.05) is 206 Å². The third kappa shape index (κ3) is 7.12. The Morgan fingerprint density at radius 3 is 1.30 bits per heavy atom. The molecule has 0 N–H and O–H groups in total. The summed E-state index contributed by atoms with van der Waals surface area (Å²) in [6.45, 7) is 0. The van der Waals surface area contributed by atoms with Crippen molar-refractivity contribution in [3.63, 3.8) is 0 Å². The van der Waals surface area contributed by atoms with E-state index in [1.54, 1.807) is 0 Å². The van der Waals surface area contributed by atoms with Gasteiger partial charge in [0.1, 0.15) is 0 Å². The van der Waals surface area contributed by atoms with Crippen LogP contribution in [0.1, 0.15) is 0 Å². The van der Waals surface area contributed by atoms with Crippen LogP contribution in [0.3, 0.4) is 0 Å². The lowest BCUT2D eigenvalue weighted by Crippen LogP contribution is -2.06. The summed E-state index contributed by atoms with van der Waals surface area (Å²) in [6, 6.07) is 101. The lowest BCUT2D eigenvalue weighted by molar-refractivity contribution is 1.08. The molecule has 0 radical (unpaired) electrons. The maximum atomic E-state index is 5.30. The molecule has 0 bridgehead atoms. The predicted molar refractivity (Wildman–Crippen MR) is 308 cm³/mol. The molecule has 0 saturated carbocycles. The highest BCUT2D eigenvalue weighted by atomic mass is 32.3. The molecule has 0 aliphatic rings. The van der Waals surface area contributed by atoms with Gasteiger partial charge >= 0.3 is 0 Å². The third-order valence-corrected chi connectivity index (χ3v) is 18.4. The number of benzene rings is 12. The van der Waals surface area contributed by atoms with E-state index in [1.165, 1.54) is 51.9 Å². The molecule has 0 atom stereocenters. The van der Waals surface area contributed by atoms with Gasteiger partial charge in [-0.15, -0.1) is 10.0 Å². The molecule has 74 heavy (non-hydrogen) atoms. The quantitative estimate of drug-likeness (QED) is 0.135. The minimum atomic E-state index is -2.14. The molecule has 14 aromatic rings. The standard InChI is InChI=1S/C69H46N4S/c1-6-22-47(23-7-1)50-40-43-64-63(44-50)66-61(69-71-67(48-24-8-2-9-25-48)70-68(72-69)49-26-10-3-11-27-49)38-21-39-65(66)73(64)51-28-20-33-54(45-51)74(52-29-12-4-13-30-52,53-31-14-5-15-32-53)55-41-42-60-58-36-17-16-34-56(58)57-35-18-19-37-59(57)62(60)46-55/h1-46H. The van der Waals surface area contributed by atoms with Gasteiger partial charge in [-0.25, -0.2) is 15.0 Å². The molecule has 2 aromatic heterocycles. The van der Waals surface area contributed by atoms with Crippen LogP contribution < -0.4 is 0 Å². The van der Waals surface area contributed by atoms with Crippen LogP contribution in [0.4, 0.5) is 0 Å². The van der Waals surface area contributed by atoms with Crippen LogP contribution in [0, 0.1) is 0 Å². The van der Waals surface area contributed by atoms with E-state index >= 15 is 0 Å². The summed E-state index contributed by atoms with van der Waals surface area (Å²) < 4.78 is 2.45. The number of hydrogen-bond acceptors (Lipinski definition) is 3. The maximum Gasteiger partial charge on any atom is 0.164 e. The Morgan fingerprint density at radius 1 is 0.257 bits per heavy atom. The fourth-order valence-corrected chi connectivity index (χ4v) is 15.1. The first-order chi connectivity index (χ1) is 36.7. The molecule has 0 spiro atoms. The van der Waals surface area contributed by atoms with E-state index in [2.05, 4.69) is 247 Å². The zero-order valence-electron chi connectivity index (χ0n) is 40.3. The molecule has 2 heterocycles. The van der Waals surface area contributed by atoms with Crippen molar-refractivity contribution in [2.75, 3.05) is 0 Å². The monoisotopic (exact) mass is 962 g/mol. The first-order valence-electron chi connectivity index (χ1n) is 25.1. The number of hydrogen-bond donors (Lipinski definition) is 0. The molecule has 0 aliphatic carbocycles. The molecular formula is C69H46N4S. The lowest BCUT2D eigenvalue weighted by atomic mass is 9.94. The van der Waals surface area contributed by atoms with Gasteiger partial charge in [0.25, 0.3) is 0 Å². The fourth-order valence-electron chi connectivity index (χ4n) is 11.2. The number of fused-ring (bicyclic) bond motifs is 9. The Bertz CT molecular complexity index is 4270. The highest BCUT2D eigenvalue weighted by molar-refractivity contribution is 8.34. The van der Waals surface area contributed by atoms with Crippen LogP contribution in [0.15, 0.2) is 299 Å². The average molecular weight is 963 g/mol. The second-order valence-corrected chi connectivity index (χ2v) is 21.8. The zero-order chi connectivity index (χ0) is 49.0. The van der Waals surface area contributed by atoms with Gasteiger partial charge in [-0.2, -0.15) is 0 Å². The maximum absolute atomic E-state index is 5.30. The van der Waals surface area contributed by atoms with E-state index in [9.17, 15) is 0 Å². The van der Waals surface area contributed by atoms with Crippen LogP contribution in [0.25, 0.3) is 105 Å². The van der Waals surface area contributed by atoms with Gasteiger partial charge in [0.15, 0.2) is 17.5 Å². The van der Waals surface area contributed by atoms with Gasteiger partial charge < -0.3 is 4.57 Å². The summed E-state index contributed by atoms with van der Waals surface area (Å²) in [5.41, 5.74) is 8.32. The van der Waals surface area contributed by atoms with Crippen LogP contribution in [0.2, 0.25) is 0 Å². The molecule has 0 unspecified atom stereocenters. The van der Waals surface area contributed by atoms with Gasteiger partial charge in [-0.3, -0.25) is 0 Å². The number of rotatable bonds is 9. The van der Waals surface area contributed by atoms with E-state index < -0.39 is 10.0 Å². The van der Waals surface area contributed by atoms with Crippen LogP contribution in [0.5, 0.6) is 0 Å². The lowest BCUT2D eigenvalue weighted by Gasteiger charge is -2.42. The Kier molecular flexibility index (Phi) is 10.6. The molecule has 0 aliphatic heterocycles. The minimum absolute atomic E-state index is 0.620. The molecule has 4 nitrogen and oxygen atoms in total. The van der Waals surface area contributed by atoms with Crippen LogP contribution >= 0.6 is 10.0 Å². The summed E-state index contributed by atoms with van der Waals surface area (Å²) in [5.74, 6) is 1.88. The van der Waals surface area contributed by atoms with E-state index in [0.29, 0.717) is 17.5 Å². The minimum Gasteiger partial charge on any atom is -0.309 e. The Morgan fingerprint density at radius 2 is 0.716 bits per heavy atom. The fraction of sp³-hybridized carbons (Fsp3) is 0. The molecule has 348 valence electrons. The summed E-state index contributed by atoms with van der Waals surface area (Å²) in [6.07, 6.45) is 0. The number of nitrogens with zero attached hydrogens (tertiary/aromatic N) is 4. The van der Waals surface area contributed by atoms with Gasteiger partial charge in [-0.05, 0) is 116 Å².